The lowest BCUT2D eigenvalue weighted by molar-refractivity contribution is -0.384. The van der Waals surface area contributed by atoms with Crippen LogP contribution >= 0.6 is 0 Å². The maximum Gasteiger partial charge on any atom is 0.326 e. The molecular formula is C31H40N10O9. The van der Waals surface area contributed by atoms with E-state index < -0.39 is 59.2 Å². The third kappa shape index (κ3) is 10.9. The molecule has 0 unspecified atom stereocenters. The van der Waals surface area contributed by atoms with Gasteiger partial charge in [-0.05, 0) is 37.5 Å². The van der Waals surface area contributed by atoms with Crippen LogP contribution in [0.25, 0.3) is 10.9 Å². The van der Waals surface area contributed by atoms with Crippen LogP contribution < -0.4 is 38.5 Å². The monoisotopic (exact) mass is 696 g/mol. The van der Waals surface area contributed by atoms with Gasteiger partial charge in [-0.15, -0.1) is 0 Å². The van der Waals surface area contributed by atoms with Crippen molar-refractivity contribution in [1.29, 1.82) is 0 Å². The first-order valence-electron chi connectivity index (χ1n) is 15.4. The molecule has 3 aromatic rings. The highest BCUT2D eigenvalue weighted by Crippen LogP contribution is 2.28. The second kappa shape index (κ2) is 17.8. The van der Waals surface area contributed by atoms with E-state index in [1.165, 1.54) is 25.1 Å². The van der Waals surface area contributed by atoms with E-state index in [1.54, 1.807) is 35.0 Å². The second-order valence-electron chi connectivity index (χ2n) is 11.3. The average Bonchev–Trinajstić information content (AvgIpc) is 3.41. The number of carbonyl (C=O) groups excluding carboxylic acids is 4. The Balaban J connectivity index is 1.85. The van der Waals surface area contributed by atoms with Crippen molar-refractivity contribution in [3.63, 3.8) is 0 Å². The van der Waals surface area contributed by atoms with Gasteiger partial charge in [-0.25, -0.2) is 4.79 Å². The minimum Gasteiger partial charge on any atom is -0.508 e. The third-order valence-corrected chi connectivity index (χ3v) is 7.50. The third-order valence-electron chi connectivity index (χ3n) is 7.50. The Labute approximate surface area is 285 Å². The predicted octanol–water partition coefficient (Wildman–Crippen LogP) is -1.47. The van der Waals surface area contributed by atoms with Crippen LogP contribution in [0.1, 0.15) is 30.9 Å². The van der Waals surface area contributed by atoms with Crippen LogP contribution in [0.4, 0.5) is 5.69 Å². The Morgan fingerprint density at radius 2 is 1.70 bits per heavy atom. The molecule has 0 fully saturated rings. The van der Waals surface area contributed by atoms with Gasteiger partial charge in [-0.1, -0.05) is 18.2 Å². The van der Waals surface area contributed by atoms with Crippen LogP contribution in [-0.2, 0) is 36.9 Å². The number of nitrogens with two attached hydrogens (primary N) is 3. The van der Waals surface area contributed by atoms with Gasteiger partial charge < -0.3 is 53.2 Å². The molecule has 3 rings (SSSR count). The smallest absolute Gasteiger partial charge is 0.326 e. The van der Waals surface area contributed by atoms with E-state index in [9.17, 15) is 44.3 Å². The SMILES string of the molecule is C[C@H](NC(=O)[C@H](Cc1cn(Cc2cc([N+](=O)[O-])ccc2O)c2ccccc12)NC(=O)CNC(=O)CN)C(=O)N[C@@H](CCCN=C(N)N)C(=O)O. The van der Waals surface area contributed by atoms with Crippen molar-refractivity contribution in [3.05, 3.63) is 69.9 Å². The number of phenolic OH excluding ortho intramolecular Hbond substituents is 1. The van der Waals surface area contributed by atoms with Crippen LogP contribution in [0, 0.1) is 10.1 Å². The van der Waals surface area contributed by atoms with Crippen molar-refractivity contribution >= 4 is 52.1 Å². The number of benzene rings is 2. The van der Waals surface area contributed by atoms with Gasteiger partial charge in [0.25, 0.3) is 5.69 Å². The van der Waals surface area contributed by atoms with Gasteiger partial charge in [0.05, 0.1) is 24.6 Å². The summed E-state index contributed by atoms with van der Waals surface area (Å²) in [4.78, 5) is 77.2. The number of nitro groups is 1. The van der Waals surface area contributed by atoms with Gasteiger partial charge in [0.1, 0.15) is 23.9 Å². The average molecular weight is 697 g/mol. The molecular weight excluding hydrogens is 656 g/mol. The van der Waals surface area contributed by atoms with Gasteiger partial charge in [0.2, 0.25) is 23.6 Å². The molecule has 19 heteroatoms. The maximum atomic E-state index is 13.6. The van der Waals surface area contributed by atoms with Crippen LogP contribution in [0.3, 0.4) is 0 Å². The maximum absolute atomic E-state index is 13.6. The van der Waals surface area contributed by atoms with E-state index in [0.29, 0.717) is 16.5 Å². The lowest BCUT2D eigenvalue weighted by Crippen LogP contribution is -2.56. The number of para-hydroxylation sites is 1. The number of nitro benzene ring substituents is 1. The van der Waals surface area contributed by atoms with Gasteiger partial charge in [0.15, 0.2) is 5.96 Å². The van der Waals surface area contributed by atoms with E-state index in [-0.39, 0.29) is 61.9 Å². The summed E-state index contributed by atoms with van der Waals surface area (Å²) >= 11 is 0. The Hall–Kier alpha value is -6.24. The minimum atomic E-state index is -1.30. The molecule has 0 saturated carbocycles. The van der Waals surface area contributed by atoms with Crippen molar-refractivity contribution in [2.75, 3.05) is 19.6 Å². The molecule has 50 heavy (non-hydrogen) atoms. The van der Waals surface area contributed by atoms with Crippen LogP contribution in [0.2, 0.25) is 0 Å². The van der Waals surface area contributed by atoms with E-state index >= 15 is 0 Å². The zero-order valence-corrected chi connectivity index (χ0v) is 27.1. The number of rotatable bonds is 18. The molecule has 0 aliphatic heterocycles. The molecule has 268 valence electrons. The first-order chi connectivity index (χ1) is 23.7. The Kier molecular flexibility index (Phi) is 13.6. The van der Waals surface area contributed by atoms with Crippen LogP contribution in [-0.4, -0.2) is 93.0 Å². The Morgan fingerprint density at radius 3 is 2.36 bits per heavy atom. The lowest BCUT2D eigenvalue weighted by Gasteiger charge is -2.22. The Bertz CT molecular complexity index is 1770. The zero-order chi connectivity index (χ0) is 37.0. The highest BCUT2D eigenvalue weighted by atomic mass is 16.6. The number of carboxylic acid groups (broad SMARTS) is 1. The van der Waals surface area contributed by atoms with Crippen molar-refractivity contribution in [1.82, 2.24) is 25.8 Å². The van der Waals surface area contributed by atoms with Crippen molar-refractivity contribution < 1.29 is 39.1 Å². The number of hydrogen-bond acceptors (Lipinski definition) is 10. The summed E-state index contributed by atoms with van der Waals surface area (Å²) in [5.41, 5.74) is 17.1. The number of guanidine groups is 1. The number of carboxylic acids is 1. The van der Waals surface area contributed by atoms with Crippen LogP contribution in [0.15, 0.2) is 53.7 Å². The van der Waals surface area contributed by atoms with Crippen LogP contribution in [0.5, 0.6) is 5.75 Å². The van der Waals surface area contributed by atoms with Gasteiger partial charge >= 0.3 is 5.97 Å². The summed E-state index contributed by atoms with van der Waals surface area (Å²) in [6, 6.07) is 6.86. The molecule has 4 amide bonds. The molecule has 0 spiro atoms. The first kappa shape index (κ1) is 38.2. The standard InChI is InChI=1S/C31H40N10O9/c1-17(28(45)39-22(30(47)48)6-4-10-35-31(33)34)37-29(46)23(38-27(44)14-36-26(43)13-32)12-18-15-40(24-7-3-2-5-21(18)24)16-19-11-20(41(49)50)8-9-25(19)42/h2-3,5,7-9,11,15,17,22-23,42H,4,6,10,12-14,16,32H2,1H3,(H,36,43)(H,37,46)(H,38,44)(H,39,45)(H,47,48)(H4,33,34,35)/t17-,22-,23-/m0/s1. The fraction of sp³-hybridized carbons (Fsp3) is 0.355. The number of nitrogens with zero attached hydrogens (tertiary/aromatic N) is 3. The Morgan fingerprint density at radius 1 is 0.980 bits per heavy atom. The number of amides is 4. The molecule has 0 aliphatic rings. The number of aliphatic imine (C=N–C) groups is 1. The number of aliphatic carboxylic acids is 1. The van der Waals surface area contributed by atoms with Gasteiger partial charge in [-0.3, -0.25) is 34.3 Å². The predicted molar refractivity (Wildman–Crippen MR) is 181 cm³/mol. The minimum absolute atomic E-state index is 0.00386. The molecule has 3 atom stereocenters. The fourth-order valence-electron chi connectivity index (χ4n) is 4.97. The van der Waals surface area contributed by atoms with E-state index in [4.69, 9.17) is 17.2 Å². The molecule has 19 nitrogen and oxygen atoms in total. The molecule has 1 aromatic heterocycles. The number of carbonyl (C=O) groups is 5. The number of fused-ring (bicyclic) bond motifs is 1. The number of phenols is 1. The number of aromatic hydroxyl groups is 1. The number of aromatic nitrogens is 1. The summed E-state index contributed by atoms with van der Waals surface area (Å²) in [7, 11) is 0. The van der Waals surface area contributed by atoms with E-state index in [0.717, 1.165) is 0 Å². The largest absolute Gasteiger partial charge is 0.508 e. The molecule has 1 heterocycles. The normalized spacial score (nSPS) is 12.6. The van der Waals surface area contributed by atoms with Crippen molar-refractivity contribution in [2.24, 2.45) is 22.2 Å². The summed E-state index contributed by atoms with van der Waals surface area (Å²) in [5, 5.41) is 41.7. The van der Waals surface area contributed by atoms with Gasteiger partial charge in [0, 0.05) is 47.8 Å². The first-order valence-corrected chi connectivity index (χ1v) is 15.4. The molecule has 2 aromatic carbocycles. The van der Waals surface area contributed by atoms with Crippen molar-refractivity contribution in [2.45, 2.75) is 50.9 Å². The summed E-state index contributed by atoms with van der Waals surface area (Å²) in [6.45, 7) is 0.642. The quantitative estimate of drug-likeness (QED) is 0.0242. The number of nitrogens with one attached hydrogen (secondary N) is 4. The fourth-order valence-corrected chi connectivity index (χ4v) is 4.97. The number of hydrogen-bond donors (Lipinski definition) is 9. The summed E-state index contributed by atoms with van der Waals surface area (Å²) in [5.74, 6) is -4.57. The molecule has 0 bridgehead atoms. The topological polar surface area (TPSA) is 312 Å². The van der Waals surface area contributed by atoms with Gasteiger partial charge in [-0.2, -0.15) is 0 Å². The van der Waals surface area contributed by atoms with E-state index in [2.05, 4.69) is 26.3 Å². The zero-order valence-electron chi connectivity index (χ0n) is 27.1. The molecule has 0 radical (unpaired) electrons. The summed E-state index contributed by atoms with van der Waals surface area (Å²) < 4.78 is 1.72. The highest BCUT2D eigenvalue weighted by molar-refractivity contribution is 5.95. The van der Waals surface area contributed by atoms with E-state index in [1.807, 2.05) is 0 Å². The van der Waals surface area contributed by atoms with Crippen molar-refractivity contribution in [3.8, 4) is 5.75 Å². The molecule has 12 N–H and O–H groups in total. The highest BCUT2D eigenvalue weighted by Gasteiger charge is 2.28. The molecule has 0 saturated heterocycles. The number of non-ortho nitro benzene ring substituents is 1. The second-order valence-corrected chi connectivity index (χ2v) is 11.3. The molecule has 0 aliphatic carbocycles. The lowest BCUT2D eigenvalue weighted by atomic mass is 10.0. The summed E-state index contributed by atoms with van der Waals surface area (Å²) in [6.07, 6.45) is 1.80.